The predicted octanol–water partition coefficient (Wildman–Crippen LogP) is 16.8. The Hall–Kier alpha value is -7.66. The zero-order valence-corrected chi connectivity index (χ0v) is 36.3. The van der Waals surface area contributed by atoms with Crippen LogP contribution in [0.15, 0.2) is 218 Å². The van der Waals surface area contributed by atoms with Gasteiger partial charge in [-0.15, -0.1) is 4.31 Å². The number of hydrogen-bond donors (Lipinski definition) is 0. The van der Waals surface area contributed by atoms with E-state index in [1.165, 1.54) is 0 Å². The van der Waals surface area contributed by atoms with Crippen molar-refractivity contribution < 1.29 is 31.5 Å². The van der Waals surface area contributed by atoms with Crippen LogP contribution in [0.3, 0.4) is 0 Å². The number of hydrogen-bond acceptors (Lipinski definition) is 7. The number of phosphoric ester groups is 2. The molecule has 0 radical (unpaired) electrons. The van der Waals surface area contributed by atoms with E-state index in [9.17, 15) is 0 Å². The van der Waals surface area contributed by atoms with Gasteiger partial charge in [-0.1, -0.05) is 170 Å². The SMILES string of the molecule is O=P(Oc1cccc2c1ccc1ccccc12)(Oc1cccc2c1ccc1ccccc12)OP(=O)(Oc1cccc2c1ccc1ccccc12)Oc1cccc2c1ccc1ccccc12. The highest BCUT2D eigenvalue weighted by Crippen LogP contribution is 2.66. The third kappa shape index (κ3) is 6.98. The molecule has 0 bridgehead atoms. The maximum absolute atomic E-state index is 16.0. The largest absolute Gasteiger partial charge is 0.598 e. The molecule has 0 aliphatic carbocycles. The van der Waals surface area contributed by atoms with Crippen molar-refractivity contribution >= 4 is 102 Å². The van der Waals surface area contributed by atoms with Gasteiger partial charge in [0.1, 0.15) is 23.0 Å². The van der Waals surface area contributed by atoms with Gasteiger partial charge in [0.25, 0.3) is 0 Å². The first-order valence-electron chi connectivity index (χ1n) is 21.2. The Morgan fingerprint density at radius 3 is 0.708 bits per heavy atom. The summed E-state index contributed by atoms with van der Waals surface area (Å²) in [6.07, 6.45) is 0. The molecule has 0 fully saturated rings. The molecule has 0 spiro atoms. The van der Waals surface area contributed by atoms with Crippen molar-refractivity contribution in [2.75, 3.05) is 0 Å². The highest BCUT2D eigenvalue weighted by atomic mass is 31.3. The van der Waals surface area contributed by atoms with Crippen LogP contribution in [0.2, 0.25) is 0 Å². The van der Waals surface area contributed by atoms with E-state index < -0.39 is 15.6 Å². The maximum Gasteiger partial charge on any atom is 0.598 e. The second kappa shape index (κ2) is 15.5. The molecule has 65 heavy (non-hydrogen) atoms. The summed E-state index contributed by atoms with van der Waals surface area (Å²) in [4.78, 5) is 0. The highest BCUT2D eigenvalue weighted by Gasteiger charge is 2.47. The Bertz CT molecular complexity index is 3470. The molecule has 0 aliphatic rings. The van der Waals surface area contributed by atoms with Crippen molar-refractivity contribution in [3.63, 3.8) is 0 Å². The Labute approximate surface area is 373 Å². The third-order valence-corrected chi connectivity index (χ3v) is 15.3. The summed E-state index contributed by atoms with van der Waals surface area (Å²) in [7, 11) is -10.2. The van der Waals surface area contributed by atoms with Gasteiger partial charge in [0.15, 0.2) is 0 Å². The molecule has 0 N–H and O–H groups in total. The summed E-state index contributed by atoms with van der Waals surface area (Å²) in [6, 6.07) is 69.3. The van der Waals surface area contributed by atoms with Gasteiger partial charge < -0.3 is 18.1 Å². The molecular weight excluding hydrogens is 847 g/mol. The Kier molecular flexibility index (Phi) is 9.32. The van der Waals surface area contributed by atoms with E-state index >= 15 is 9.13 Å². The van der Waals surface area contributed by atoms with Crippen molar-refractivity contribution in [1.82, 2.24) is 0 Å². The van der Waals surface area contributed by atoms with E-state index in [-0.39, 0.29) is 23.0 Å². The molecule has 9 heteroatoms. The van der Waals surface area contributed by atoms with Gasteiger partial charge in [-0.05, 0) is 113 Å². The summed E-state index contributed by atoms with van der Waals surface area (Å²) in [5, 5.41) is 13.9. The summed E-state index contributed by atoms with van der Waals surface area (Å²) < 4.78 is 64.7. The summed E-state index contributed by atoms with van der Waals surface area (Å²) in [5.74, 6) is 0.730. The molecule has 0 atom stereocenters. The minimum atomic E-state index is -5.10. The van der Waals surface area contributed by atoms with Gasteiger partial charge in [0.2, 0.25) is 0 Å². The van der Waals surface area contributed by atoms with Crippen LogP contribution in [0.25, 0.3) is 86.2 Å². The third-order valence-electron chi connectivity index (χ3n) is 12.0. The summed E-state index contributed by atoms with van der Waals surface area (Å²) in [5.41, 5.74) is 0. The average Bonchev–Trinajstić information content (AvgIpc) is 3.34. The number of fused-ring (bicyclic) bond motifs is 12. The molecule has 312 valence electrons. The Balaban J connectivity index is 1.05. The smallest absolute Gasteiger partial charge is 0.394 e. The fraction of sp³-hybridized carbons (Fsp3) is 0. The predicted molar refractivity (Wildman–Crippen MR) is 265 cm³/mol. The Morgan fingerprint density at radius 2 is 0.446 bits per heavy atom. The first-order chi connectivity index (χ1) is 31.9. The molecule has 0 aromatic heterocycles. The summed E-state index contributed by atoms with van der Waals surface area (Å²) >= 11 is 0. The highest BCUT2D eigenvalue weighted by molar-refractivity contribution is 7.63. The molecule has 12 aromatic rings. The van der Waals surface area contributed by atoms with Crippen LogP contribution >= 0.6 is 15.6 Å². The fourth-order valence-corrected chi connectivity index (χ4v) is 12.3. The van der Waals surface area contributed by atoms with Gasteiger partial charge in [0, 0.05) is 21.5 Å². The minimum Gasteiger partial charge on any atom is -0.394 e. The van der Waals surface area contributed by atoms with Gasteiger partial charge >= 0.3 is 15.6 Å². The second-order valence-electron chi connectivity index (χ2n) is 15.9. The van der Waals surface area contributed by atoms with E-state index in [0.717, 1.165) is 64.6 Å². The van der Waals surface area contributed by atoms with Crippen LogP contribution in [0, 0.1) is 0 Å². The van der Waals surface area contributed by atoms with Crippen molar-refractivity contribution in [2.24, 2.45) is 0 Å². The van der Waals surface area contributed by atoms with E-state index in [0.29, 0.717) is 21.5 Å². The maximum atomic E-state index is 16.0. The zero-order chi connectivity index (χ0) is 43.5. The zero-order valence-electron chi connectivity index (χ0n) is 34.5. The lowest BCUT2D eigenvalue weighted by Gasteiger charge is -2.25. The number of benzene rings is 12. The van der Waals surface area contributed by atoms with E-state index in [4.69, 9.17) is 22.4 Å². The van der Waals surface area contributed by atoms with Crippen LogP contribution in [0.1, 0.15) is 0 Å². The molecule has 0 unspecified atom stereocenters. The van der Waals surface area contributed by atoms with Crippen LogP contribution in [0.4, 0.5) is 0 Å². The standard InChI is InChI=1S/C56H36O7P2/c57-64(59-53-25-9-21-45-41-17-5-1-13-37(41)29-33-49(45)53,60-54-26-10-22-46-42-18-6-2-14-38(42)30-34-50(46)54)63-65(58,61-55-27-11-23-47-43-19-7-3-15-39(43)31-35-51(47)55)62-56-28-12-24-48-44-20-8-4-16-40(44)32-36-52(48)56/h1-36H. The molecule has 12 aromatic carbocycles. The Morgan fingerprint density at radius 1 is 0.215 bits per heavy atom. The van der Waals surface area contributed by atoms with E-state index in [1.807, 2.05) is 194 Å². The molecule has 0 heterocycles. The molecule has 12 rings (SSSR count). The van der Waals surface area contributed by atoms with Crippen molar-refractivity contribution in [1.29, 1.82) is 0 Å². The number of rotatable bonds is 10. The monoisotopic (exact) mass is 882 g/mol. The topological polar surface area (TPSA) is 80.3 Å². The van der Waals surface area contributed by atoms with E-state index in [1.54, 1.807) is 24.3 Å². The van der Waals surface area contributed by atoms with Gasteiger partial charge in [-0.25, -0.2) is 9.13 Å². The lowest BCUT2D eigenvalue weighted by atomic mass is 10.0. The van der Waals surface area contributed by atoms with Gasteiger partial charge in [0.05, 0.1) is 0 Å². The summed E-state index contributed by atoms with van der Waals surface area (Å²) in [6.45, 7) is 0. The van der Waals surface area contributed by atoms with Crippen LogP contribution in [-0.2, 0) is 13.4 Å². The molecule has 0 amide bonds. The molecule has 0 saturated carbocycles. The van der Waals surface area contributed by atoms with Crippen molar-refractivity contribution in [2.45, 2.75) is 0 Å². The van der Waals surface area contributed by atoms with Crippen molar-refractivity contribution in [3.8, 4) is 23.0 Å². The van der Waals surface area contributed by atoms with E-state index in [2.05, 4.69) is 0 Å². The second-order valence-corrected chi connectivity index (χ2v) is 19.1. The number of phosphoric acid groups is 2. The lowest BCUT2D eigenvalue weighted by Crippen LogP contribution is -2.11. The molecule has 0 saturated heterocycles. The fourth-order valence-electron chi connectivity index (χ4n) is 9.07. The molecule has 7 nitrogen and oxygen atoms in total. The van der Waals surface area contributed by atoms with Gasteiger partial charge in [-0.3, -0.25) is 0 Å². The van der Waals surface area contributed by atoms with Crippen LogP contribution in [0.5, 0.6) is 23.0 Å². The van der Waals surface area contributed by atoms with Crippen molar-refractivity contribution in [3.05, 3.63) is 218 Å². The normalized spacial score (nSPS) is 12.2. The average molecular weight is 883 g/mol. The quantitative estimate of drug-likeness (QED) is 0.0999. The first kappa shape index (κ1) is 39.0. The van der Waals surface area contributed by atoms with Gasteiger partial charge in [-0.2, -0.15) is 0 Å². The minimum absolute atomic E-state index is 0.182. The molecular formula is C56H36O7P2. The molecule has 0 aliphatic heterocycles. The van der Waals surface area contributed by atoms with Crippen LogP contribution in [-0.4, -0.2) is 0 Å². The lowest BCUT2D eigenvalue weighted by molar-refractivity contribution is 0.245. The van der Waals surface area contributed by atoms with Crippen LogP contribution < -0.4 is 18.1 Å². The first-order valence-corrected chi connectivity index (χ1v) is 24.1.